The Kier molecular flexibility index (Phi) is 3.69. The summed E-state index contributed by atoms with van der Waals surface area (Å²) in [5.74, 6) is -0.209. The lowest BCUT2D eigenvalue weighted by atomic mass is 9.75. The van der Waals surface area contributed by atoms with E-state index in [2.05, 4.69) is 0 Å². The number of carbonyl (C=O) groups excluding carboxylic acids is 1. The first kappa shape index (κ1) is 10.5. The SMILES string of the molecule is COCCOC(=O)CC1(N)CCC1. The fourth-order valence-electron chi connectivity index (χ4n) is 1.39. The second-order valence-corrected chi connectivity index (χ2v) is 3.61. The molecule has 4 heteroatoms. The lowest BCUT2D eigenvalue weighted by Gasteiger charge is -2.37. The van der Waals surface area contributed by atoms with Gasteiger partial charge in [-0.05, 0) is 19.3 Å². The third kappa shape index (κ3) is 3.32. The van der Waals surface area contributed by atoms with E-state index in [0.29, 0.717) is 19.6 Å². The average Bonchev–Trinajstić information content (AvgIpc) is 2.02. The van der Waals surface area contributed by atoms with Crippen molar-refractivity contribution in [3.8, 4) is 0 Å². The molecule has 0 bridgehead atoms. The molecule has 0 aromatic heterocycles. The predicted molar refractivity (Wildman–Crippen MR) is 48.2 cm³/mol. The van der Waals surface area contributed by atoms with Gasteiger partial charge >= 0.3 is 5.97 Å². The van der Waals surface area contributed by atoms with Crippen LogP contribution in [0, 0.1) is 0 Å². The van der Waals surface area contributed by atoms with Crippen molar-refractivity contribution in [2.24, 2.45) is 5.73 Å². The van der Waals surface area contributed by atoms with Crippen LogP contribution < -0.4 is 5.73 Å². The van der Waals surface area contributed by atoms with E-state index in [9.17, 15) is 4.79 Å². The Morgan fingerprint density at radius 3 is 2.62 bits per heavy atom. The molecule has 0 amide bonds. The Bertz CT molecular complexity index is 178. The van der Waals surface area contributed by atoms with E-state index in [0.717, 1.165) is 19.3 Å². The van der Waals surface area contributed by atoms with Crippen LogP contribution in [0.5, 0.6) is 0 Å². The molecule has 1 aliphatic carbocycles. The van der Waals surface area contributed by atoms with E-state index in [4.69, 9.17) is 15.2 Å². The van der Waals surface area contributed by atoms with Crippen LogP contribution >= 0.6 is 0 Å². The summed E-state index contributed by atoms with van der Waals surface area (Å²) in [5.41, 5.74) is 5.60. The minimum absolute atomic E-state index is 0.209. The molecule has 1 rings (SSSR count). The highest BCUT2D eigenvalue weighted by atomic mass is 16.6. The number of hydrogen-bond donors (Lipinski definition) is 1. The summed E-state index contributed by atoms with van der Waals surface area (Å²) in [5, 5.41) is 0. The third-order valence-electron chi connectivity index (χ3n) is 2.40. The van der Waals surface area contributed by atoms with E-state index in [1.807, 2.05) is 0 Å². The normalized spacial score (nSPS) is 19.2. The van der Waals surface area contributed by atoms with Crippen LogP contribution in [0.4, 0.5) is 0 Å². The second kappa shape index (κ2) is 4.58. The van der Waals surface area contributed by atoms with Gasteiger partial charge in [-0.3, -0.25) is 4.79 Å². The van der Waals surface area contributed by atoms with E-state index in [-0.39, 0.29) is 11.5 Å². The number of methoxy groups -OCH3 is 1. The fraction of sp³-hybridized carbons (Fsp3) is 0.889. The van der Waals surface area contributed by atoms with Gasteiger partial charge in [0.2, 0.25) is 0 Å². The largest absolute Gasteiger partial charge is 0.463 e. The zero-order chi connectivity index (χ0) is 9.73. The summed E-state index contributed by atoms with van der Waals surface area (Å²) < 4.78 is 9.66. The van der Waals surface area contributed by atoms with E-state index >= 15 is 0 Å². The highest BCUT2D eigenvalue weighted by Gasteiger charge is 2.35. The van der Waals surface area contributed by atoms with Crippen molar-refractivity contribution >= 4 is 5.97 Å². The first-order valence-corrected chi connectivity index (χ1v) is 4.60. The van der Waals surface area contributed by atoms with Crippen LogP contribution in [0.1, 0.15) is 25.7 Å². The molecule has 0 spiro atoms. The topological polar surface area (TPSA) is 61.5 Å². The highest BCUT2D eigenvalue weighted by molar-refractivity contribution is 5.71. The van der Waals surface area contributed by atoms with Crippen LogP contribution in [0.3, 0.4) is 0 Å². The molecule has 76 valence electrons. The molecule has 1 aliphatic rings. The Labute approximate surface area is 78.4 Å². The van der Waals surface area contributed by atoms with Crippen molar-refractivity contribution in [2.75, 3.05) is 20.3 Å². The van der Waals surface area contributed by atoms with Gasteiger partial charge in [-0.1, -0.05) is 0 Å². The Morgan fingerprint density at radius 1 is 1.46 bits per heavy atom. The molecule has 0 unspecified atom stereocenters. The first-order chi connectivity index (χ1) is 6.16. The van der Waals surface area contributed by atoms with Gasteiger partial charge in [-0.25, -0.2) is 0 Å². The van der Waals surface area contributed by atoms with Crippen molar-refractivity contribution in [1.82, 2.24) is 0 Å². The van der Waals surface area contributed by atoms with Gasteiger partial charge in [0.25, 0.3) is 0 Å². The molecule has 0 aromatic rings. The van der Waals surface area contributed by atoms with Crippen molar-refractivity contribution in [3.05, 3.63) is 0 Å². The average molecular weight is 187 g/mol. The molecule has 13 heavy (non-hydrogen) atoms. The summed E-state index contributed by atoms with van der Waals surface area (Å²) in [6.07, 6.45) is 3.34. The van der Waals surface area contributed by atoms with Gasteiger partial charge in [0.1, 0.15) is 6.61 Å². The van der Waals surface area contributed by atoms with Crippen molar-refractivity contribution in [1.29, 1.82) is 0 Å². The summed E-state index contributed by atoms with van der Waals surface area (Å²) in [7, 11) is 1.57. The molecular formula is C9H17NO3. The van der Waals surface area contributed by atoms with E-state index < -0.39 is 0 Å². The van der Waals surface area contributed by atoms with Gasteiger partial charge in [-0.15, -0.1) is 0 Å². The third-order valence-corrected chi connectivity index (χ3v) is 2.40. The summed E-state index contributed by atoms with van der Waals surface area (Å²) in [6, 6.07) is 0. The summed E-state index contributed by atoms with van der Waals surface area (Å²) >= 11 is 0. The fourth-order valence-corrected chi connectivity index (χ4v) is 1.39. The molecule has 2 N–H and O–H groups in total. The monoisotopic (exact) mass is 187 g/mol. The molecule has 1 fully saturated rings. The minimum atomic E-state index is -0.274. The maximum absolute atomic E-state index is 11.2. The molecule has 0 aliphatic heterocycles. The predicted octanol–water partition coefficient (Wildman–Crippen LogP) is 0.447. The van der Waals surface area contributed by atoms with Crippen LogP contribution in [0.15, 0.2) is 0 Å². The Morgan fingerprint density at radius 2 is 2.15 bits per heavy atom. The first-order valence-electron chi connectivity index (χ1n) is 4.60. The van der Waals surface area contributed by atoms with Gasteiger partial charge in [0.05, 0.1) is 13.0 Å². The minimum Gasteiger partial charge on any atom is -0.463 e. The highest BCUT2D eigenvalue weighted by Crippen LogP contribution is 2.32. The maximum atomic E-state index is 11.2. The molecule has 0 saturated heterocycles. The van der Waals surface area contributed by atoms with Gasteiger partial charge in [0.15, 0.2) is 0 Å². The zero-order valence-electron chi connectivity index (χ0n) is 8.04. The molecule has 0 radical (unpaired) electrons. The number of hydrogen-bond acceptors (Lipinski definition) is 4. The Balaban J connectivity index is 2.10. The molecule has 1 saturated carbocycles. The molecule has 0 heterocycles. The number of rotatable bonds is 5. The summed E-state index contributed by atoms with van der Waals surface area (Å²) in [4.78, 5) is 11.2. The van der Waals surface area contributed by atoms with Gasteiger partial charge in [-0.2, -0.15) is 0 Å². The molecule has 0 atom stereocenters. The van der Waals surface area contributed by atoms with Crippen molar-refractivity contribution < 1.29 is 14.3 Å². The molecule has 0 aromatic carbocycles. The quantitative estimate of drug-likeness (QED) is 0.501. The molecular weight excluding hydrogens is 170 g/mol. The second-order valence-electron chi connectivity index (χ2n) is 3.61. The standard InChI is InChI=1S/C9H17NO3/c1-12-5-6-13-8(11)7-9(10)3-2-4-9/h2-7,10H2,1H3. The van der Waals surface area contributed by atoms with E-state index in [1.54, 1.807) is 7.11 Å². The number of ether oxygens (including phenoxy) is 2. The van der Waals surface area contributed by atoms with Crippen LogP contribution in [0.25, 0.3) is 0 Å². The lowest BCUT2D eigenvalue weighted by molar-refractivity contribution is -0.147. The van der Waals surface area contributed by atoms with E-state index in [1.165, 1.54) is 0 Å². The van der Waals surface area contributed by atoms with Crippen molar-refractivity contribution in [3.63, 3.8) is 0 Å². The number of nitrogens with two attached hydrogens (primary N) is 1. The summed E-state index contributed by atoms with van der Waals surface area (Å²) in [6.45, 7) is 0.773. The van der Waals surface area contributed by atoms with Crippen molar-refractivity contribution in [2.45, 2.75) is 31.2 Å². The number of esters is 1. The van der Waals surface area contributed by atoms with Crippen LogP contribution in [-0.2, 0) is 14.3 Å². The maximum Gasteiger partial charge on any atom is 0.307 e. The van der Waals surface area contributed by atoms with Crippen LogP contribution in [0.2, 0.25) is 0 Å². The van der Waals surface area contributed by atoms with Gasteiger partial charge in [0, 0.05) is 12.6 Å². The lowest BCUT2D eigenvalue weighted by Crippen LogP contribution is -2.48. The zero-order valence-corrected chi connectivity index (χ0v) is 8.04. The molecule has 4 nitrogen and oxygen atoms in total. The number of carbonyl (C=O) groups is 1. The smallest absolute Gasteiger partial charge is 0.307 e. The van der Waals surface area contributed by atoms with Gasteiger partial charge < -0.3 is 15.2 Å². The Hall–Kier alpha value is -0.610. The van der Waals surface area contributed by atoms with Crippen LogP contribution in [-0.4, -0.2) is 31.8 Å².